The molecule has 0 saturated carbocycles. The molecule has 2 nitrogen and oxygen atoms in total. The second-order valence-corrected chi connectivity index (χ2v) is 6.39. The molecule has 2 aromatic rings. The van der Waals surface area contributed by atoms with Crippen LogP contribution in [-0.2, 0) is 13.0 Å². The molecule has 4 heteroatoms. The number of anilines is 1. The summed E-state index contributed by atoms with van der Waals surface area (Å²) in [5.74, 6) is 0. The van der Waals surface area contributed by atoms with Gasteiger partial charge in [0, 0.05) is 34.9 Å². The molecular weight excluding hydrogens is 303 g/mol. The Hall–Kier alpha value is -1.22. The third kappa shape index (κ3) is 2.89. The third-order valence-electron chi connectivity index (χ3n) is 4.29. The number of benzene rings is 2. The highest BCUT2D eigenvalue weighted by Crippen LogP contribution is 2.34. The molecule has 0 radical (unpaired) electrons. The second-order valence-electron chi connectivity index (χ2n) is 5.55. The first-order valence-electron chi connectivity index (χ1n) is 7.11. The zero-order valence-corrected chi connectivity index (χ0v) is 13.5. The van der Waals surface area contributed by atoms with Crippen LogP contribution in [-0.4, -0.2) is 11.4 Å². The highest BCUT2D eigenvalue weighted by molar-refractivity contribution is 6.33. The van der Waals surface area contributed by atoms with Gasteiger partial charge in [-0.05, 0) is 54.3 Å². The van der Waals surface area contributed by atoms with E-state index in [4.69, 9.17) is 28.9 Å². The SMILES string of the molecule is CC(c1cc(Cl)ccc1Cl)N1CCc2c(N)cccc2C1. The van der Waals surface area contributed by atoms with E-state index in [-0.39, 0.29) is 6.04 Å². The van der Waals surface area contributed by atoms with Gasteiger partial charge in [0.15, 0.2) is 0 Å². The Morgan fingerprint density at radius 2 is 2.00 bits per heavy atom. The summed E-state index contributed by atoms with van der Waals surface area (Å²) in [5.41, 5.74) is 10.6. The Kier molecular flexibility index (Phi) is 4.12. The molecule has 1 aliphatic rings. The number of nitrogens with zero attached hydrogens (tertiary/aromatic N) is 1. The first-order valence-corrected chi connectivity index (χ1v) is 7.87. The Balaban J connectivity index is 1.87. The number of hydrogen-bond donors (Lipinski definition) is 1. The lowest BCUT2D eigenvalue weighted by molar-refractivity contribution is 0.192. The highest BCUT2D eigenvalue weighted by Gasteiger charge is 2.24. The summed E-state index contributed by atoms with van der Waals surface area (Å²) in [6.45, 7) is 4.05. The van der Waals surface area contributed by atoms with E-state index in [1.165, 1.54) is 11.1 Å². The lowest BCUT2D eigenvalue weighted by atomic mass is 9.95. The molecule has 1 unspecified atom stereocenters. The quantitative estimate of drug-likeness (QED) is 0.813. The Morgan fingerprint density at radius 3 is 2.81 bits per heavy atom. The van der Waals surface area contributed by atoms with E-state index in [0.29, 0.717) is 0 Å². The zero-order chi connectivity index (χ0) is 15.0. The molecule has 2 aromatic carbocycles. The standard InChI is InChI=1S/C17H18Cl2N2/c1-11(15-9-13(18)5-6-16(15)19)21-8-7-14-12(10-21)3-2-4-17(14)20/h2-6,9,11H,7-8,10,20H2,1H3. The summed E-state index contributed by atoms with van der Waals surface area (Å²) in [6.07, 6.45) is 0.977. The predicted molar refractivity (Wildman–Crippen MR) is 89.8 cm³/mol. The van der Waals surface area contributed by atoms with Crippen LogP contribution in [0, 0.1) is 0 Å². The van der Waals surface area contributed by atoms with Crippen molar-refractivity contribution in [2.24, 2.45) is 0 Å². The molecule has 3 rings (SSSR count). The van der Waals surface area contributed by atoms with Crippen LogP contribution in [0.3, 0.4) is 0 Å². The minimum atomic E-state index is 0.228. The van der Waals surface area contributed by atoms with Crippen molar-refractivity contribution in [1.82, 2.24) is 4.90 Å². The van der Waals surface area contributed by atoms with Gasteiger partial charge in [-0.25, -0.2) is 0 Å². The molecule has 0 bridgehead atoms. The Morgan fingerprint density at radius 1 is 1.19 bits per heavy atom. The normalized spacial score (nSPS) is 16.5. The summed E-state index contributed by atoms with van der Waals surface area (Å²) in [5, 5.41) is 1.49. The molecule has 0 saturated heterocycles. The first-order chi connectivity index (χ1) is 10.1. The fourth-order valence-corrected chi connectivity index (χ4v) is 3.48. The average Bonchev–Trinajstić information content (AvgIpc) is 2.49. The van der Waals surface area contributed by atoms with Crippen molar-refractivity contribution in [2.75, 3.05) is 12.3 Å². The number of nitrogens with two attached hydrogens (primary N) is 1. The molecule has 110 valence electrons. The fourth-order valence-electron chi connectivity index (χ4n) is 3.02. The molecular formula is C17H18Cl2N2. The van der Waals surface area contributed by atoms with Crippen molar-refractivity contribution in [3.05, 3.63) is 63.1 Å². The maximum absolute atomic E-state index is 6.33. The van der Waals surface area contributed by atoms with E-state index in [9.17, 15) is 0 Å². The van der Waals surface area contributed by atoms with Crippen LogP contribution in [0.15, 0.2) is 36.4 Å². The Labute approximate surface area is 135 Å². The van der Waals surface area contributed by atoms with Gasteiger partial charge in [-0.2, -0.15) is 0 Å². The van der Waals surface area contributed by atoms with E-state index >= 15 is 0 Å². The van der Waals surface area contributed by atoms with Gasteiger partial charge >= 0.3 is 0 Å². The van der Waals surface area contributed by atoms with Crippen molar-refractivity contribution in [3.63, 3.8) is 0 Å². The van der Waals surface area contributed by atoms with E-state index < -0.39 is 0 Å². The number of hydrogen-bond acceptors (Lipinski definition) is 2. The second kappa shape index (κ2) is 5.88. The van der Waals surface area contributed by atoms with Crippen molar-refractivity contribution < 1.29 is 0 Å². The van der Waals surface area contributed by atoms with E-state index in [2.05, 4.69) is 17.9 Å². The predicted octanol–water partition coefficient (Wildman–Crippen LogP) is 4.69. The monoisotopic (exact) mass is 320 g/mol. The first kappa shape index (κ1) is 14.7. The van der Waals surface area contributed by atoms with Gasteiger partial charge in [0.1, 0.15) is 0 Å². The van der Waals surface area contributed by atoms with E-state index in [0.717, 1.165) is 40.8 Å². The van der Waals surface area contributed by atoms with Gasteiger partial charge in [-0.3, -0.25) is 4.90 Å². The van der Waals surface area contributed by atoms with Gasteiger partial charge in [0.2, 0.25) is 0 Å². The van der Waals surface area contributed by atoms with Crippen molar-refractivity contribution in [2.45, 2.75) is 25.9 Å². The third-order valence-corrected chi connectivity index (χ3v) is 4.87. The topological polar surface area (TPSA) is 29.3 Å². The van der Waals surface area contributed by atoms with Crippen molar-refractivity contribution >= 4 is 28.9 Å². The Bertz CT molecular complexity index is 670. The summed E-state index contributed by atoms with van der Waals surface area (Å²) in [6, 6.07) is 12.0. The van der Waals surface area contributed by atoms with Gasteiger partial charge in [0.05, 0.1) is 0 Å². The van der Waals surface area contributed by atoms with Gasteiger partial charge < -0.3 is 5.73 Å². The van der Waals surface area contributed by atoms with Crippen molar-refractivity contribution in [3.8, 4) is 0 Å². The van der Waals surface area contributed by atoms with Gasteiger partial charge in [0.25, 0.3) is 0 Å². The highest BCUT2D eigenvalue weighted by atomic mass is 35.5. The van der Waals surface area contributed by atoms with Crippen LogP contribution < -0.4 is 5.73 Å². The number of fused-ring (bicyclic) bond motifs is 1. The molecule has 1 atom stereocenters. The number of rotatable bonds is 2. The summed E-state index contributed by atoms with van der Waals surface area (Å²) < 4.78 is 0. The average molecular weight is 321 g/mol. The largest absolute Gasteiger partial charge is 0.398 e. The molecule has 2 N–H and O–H groups in total. The zero-order valence-electron chi connectivity index (χ0n) is 11.9. The van der Waals surface area contributed by atoms with Crippen LogP contribution >= 0.6 is 23.2 Å². The maximum Gasteiger partial charge on any atom is 0.0454 e. The molecule has 1 aliphatic heterocycles. The van der Waals surface area contributed by atoms with E-state index in [1.807, 2.05) is 30.3 Å². The molecule has 21 heavy (non-hydrogen) atoms. The summed E-state index contributed by atoms with van der Waals surface area (Å²) in [4.78, 5) is 2.42. The van der Waals surface area contributed by atoms with Crippen LogP contribution in [0.25, 0.3) is 0 Å². The lowest BCUT2D eigenvalue weighted by Gasteiger charge is -2.34. The molecule has 0 fully saturated rings. The summed E-state index contributed by atoms with van der Waals surface area (Å²) in [7, 11) is 0. The molecule has 0 aromatic heterocycles. The van der Waals surface area contributed by atoms with Crippen LogP contribution in [0.1, 0.15) is 29.7 Å². The molecule has 0 amide bonds. The van der Waals surface area contributed by atoms with Crippen LogP contribution in [0.4, 0.5) is 5.69 Å². The smallest absolute Gasteiger partial charge is 0.0454 e. The fraction of sp³-hybridized carbons (Fsp3) is 0.294. The van der Waals surface area contributed by atoms with Crippen LogP contribution in [0.5, 0.6) is 0 Å². The number of nitrogen functional groups attached to an aromatic ring is 1. The summed E-state index contributed by atoms with van der Waals surface area (Å²) >= 11 is 12.4. The number of halogens is 2. The minimum absolute atomic E-state index is 0.228. The van der Waals surface area contributed by atoms with Crippen molar-refractivity contribution in [1.29, 1.82) is 0 Å². The minimum Gasteiger partial charge on any atom is -0.398 e. The van der Waals surface area contributed by atoms with E-state index in [1.54, 1.807) is 0 Å². The van der Waals surface area contributed by atoms with Crippen LogP contribution in [0.2, 0.25) is 10.0 Å². The molecule has 0 aliphatic carbocycles. The lowest BCUT2D eigenvalue weighted by Crippen LogP contribution is -2.33. The maximum atomic E-state index is 6.33. The molecule has 1 heterocycles. The van der Waals surface area contributed by atoms with Gasteiger partial charge in [-0.15, -0.1) is 0 Å². The van der Waals surface area contributed by atoms with Gasteiger partial charge in [-0.1, -0.05) is 35.3 Å². The molecule has 0 spiro atoms.